The summed E-state index contributed by atoms with van der Waals surface area (Å²) < 4.78 is 26.5. The van der Waals surface area contributed by atoms with Crippen LogP contribution in [0, 0.1) is 5.82 Å². The van der Waals surface area contributed by atoms with Crippen molar-refractivity contribution < 1.29 is 28.2 Å². The highest BCUT2D eigenvalue weighted by molar-refractivity contribution is 5.98. The van der Waals surface area contributed by atoms with E-state index in [4.69, 9.17) is 4.74 Å². The fourth-order valence-corrected chi connectivity index (χ4v) is 1.06. The number of rotatable bonds is 4. The lowest BCUT2D eigenvalue weighted by molar-refractivity contribution is -0.163. The Morgan fingerprint density at radius 3 is 1.94 bits per heavy atom. The quantitative estimate of drug-likeness (QED) is 0.580. The molecule has 92 valence electrons. The van der Waals surface area contributed by atoms with Gasteiger partial charge in [0.25, 0.3) is 6.10 Å². The van der Waals surface area contributed by atoms with Crippen molar-refractivity contribution in [2.75, 3.05) is 14.2 Å². The molecule has 1 rings (SSSR count). The maximum Gasteiger partial charge on any atom is 0.359 e. The highest BCUT2D eigenvalue weighted by atomic mass is 19.1. The molecule has 0 spiro atoms. The molecule has 0 heterocycles. The van der Waals surface area contributed by atoms with Crippen LogP contribution >= 0.6 is 0 Å². The summed E-state index contributed by atoms with van der Waals surface area (Å²) in [6, 6.07) is 4.85. The Morgan fingerprint density at radius 2 is 1.53 bits per heavy atom. The van der Waals surface area contributed by atoms with E-state index >= 15 is 0 Å². The van der Waals surface area contributed by atoms with Crippen LogP contribution < -0.4 is 4.74 Å². The second-order valence-corrected chi connectivity index (χ2v) is 3.00. The summed E-state index contributed by atoms with van der Waals surface area (Å²) in [7, 11) is 2.23. The number of carbonyl (C=O) groups is 2. The summed E-state index contributed by atoms with van der Waals surface area (Å²) in [5, 5.41) is 0. The van der Waals surface area contributed by atoms with Gasteiger partial charge in [0.15, 0.2) is 0 Å². The summed E-state index contributed by atoms with van der Waals surface area (Å²) in [5.74, 6) is -2.07. The molecule has 0 amide bonds. The van der Waals surface area contributed by atoms with Crippen LogP contribution in [-0.4, -0.2) is 32.3 Å². The molecule has 17 heavy (non-hydrogen) atoms. The minimum atomic E-state index is -1.52. The van der Waals surface area contributed by atoms with Crippen molar-refractivity contribution in [3.05, 3.63) is 30.1 Å². The first-order valence-electron chi connectivity index (χ1n) is 4.66. The molecule has 6 heteroatoms. The van der Waals surface area contributed by atoms with Gasteiger partial charge in [0.05, 0.1) is 14.2 Å². The van der Waals surface area contributed by atoms with E-state index < -0.39 is 23.9 Å². The first kappa shape index (κ1) is 13.0. The van der Waals surface area contributed by atoms with E-state index in [0.717, 1.165) is 26.4 Å². The van der Waals surface area contributed by atoms with Crippen LogP contribution in [0.3, 0.4) is 0 Å². The molecule has 0 aliphatic carbocycles. The molecule has 0 fully saturated rings. The zero-order valence-electron chi connectivity index (χ0n) is 9.31. The number of halogens is 1. The molecule has 0 atom stereocenters. The van der Waals surface area contributed by atoms with E-state index in [9.17, 15) is 14.0 Å². The van der Waals surface area contributed by atoms with E-state index in [2.05, 4.69) is 9.47 Å². The first-order valence-corrected chi connectivity index (χ1v) is 4.66. The maximum absolute atomic E-state index is 12.6. The van der Waals surface area contributed by atoms with Crippen LogP contribution in [0.15, 0.2) is 24.3 Å². The molecular formula is C11H11FO5. The van der Waals surface area contributed by atoms with Gasteiger partial charge in [-0.3, -0.25) is 0 Å². The Morgan fingerprint density at radius 1 is 1.06 bits per heavy atom. The fraction of sp³-hybridized carbons (Fsp3) is 0.273. The average Bonchev–Trinajstić information content (AvgIpc) is 2.36. The van der Waals surface area contributed by atoms with Gasteiger partial charge >= 0.3 is 11.9 Å². The minimum Gasteiger partial charge on any atom is -0.467 e. The predicted molar refractivity (Wildman–Crippen MR) is 54.8 cm³/mol. The Kier molecular flexibility index (Phi) is 4.45. The number of ether oxygens (including phenoxy) is 3. The molecule has 0 bridgehead atoms. The van der Waals surface area contributed by atoms with E-state index in [1.54, 1.807) is 0 Å². The van der Waals surface area contributed by atoms with Crippen molar-refractivity contribution in [1.82, 2.24) is 0 Å². The van der Waals surface area contributed by atoms with Gasteiger partial charge in [-0.2, -0.15) is 0 Å². The largest absolute Gasteiger partial charge is 0.467 e. The monoisotopic (exact) mass is 242 g/mol. The molecule has 0 aromatic heterocycles. The summed E-state index contributed by atoms with van der Waals surface area (Å²) in [6.45, 7) is 0. The van der Waals surface area contributed by atoms with Crippen molar-refractivity contribution in [3.8, 4) is 5.75 Å². The summed E-state index contributed by atoms with van der Waals surface area (Å²) in [4.78, 5) is 22.5. The highest BCUT2D eigenvalue weighted by Gasteiger charge is 2.30. The molecule has 0 saturated carbocycles. The summed E-state index contributed by atoms with van der Waals surface area (Å²) >= 11 is 0. The minimum absolute atomic E-state index is 0.159. The highest BCUT2D eigenvalue weighted by Crippen LogP contribution is 2.14. The zero-order valence-corrected chi connectivity index (χ0v) is 9.31. The maximum atomic E-state index is 12.6. The van der Waals surface area contributed by atoms with Crippen LogP contribution in [0.2, 0.25) is 0 Å². The SMILES string of the molecule is COC(=O)C(Oc1ccc(F)cc1)C(=O)OC. The predicted octanol–water partition coefficient (Wildman–Crippen LogP) is 0.919. The fourth-order valence-electron chi connectivity index (χ4n) is 1.06. The Hall–Kier alpha value is -2.11. The van der Waals surface area contributed by atoms with E-state index in [-0.39, 0.29) is 5.75 Å². The molecule has 1 aromatic carbocycles. The molecule has 0 aliphatic rings. The van der Waals surface area contributed by atoms with Crippen LogP contribution in [0.5, 0.6) is 5.75 Å². The van der Waals surface area contributed by atoms with Crippen molar-refractivity contribution in [3.63, 3.8) is 0 Å². The van der Waals surface area contributed by atoms with Gasteiger partial charge in [-0.1, -0.05) is 0 Å². The number of hydrogen-bond donors (Lipinski definition) is 0. The average molecular weight is 242 g/mol. The van der Waals surface area contributed by atoms with Gasteiger partial charge in [0.2, 0.25) is 0 Å². The van der Waals surface area contributed by atoms with Crippen LogP contribution in [-0.2, 0) is 19.1 Å². The second kappa shape index (κ2) is 5.83. The Balaban J connectivity index is 2.82. The summed E-state index contributed by atoms with van der Waals surface area (Å²) in [6.07, 6.45) is -1.52. The molecule has 0 aliphatic heterocycles. The van der Waals surface area contributed by atoms with E-state index in [1.807, 2.05) is 0 Å². The smallest absolute Gasteiger partial charge is 0.359 e. The van der Waals surface area contributed by atoms with Gasteiger partial charge in [-0.25, -0.2) is 14.0 Å². The topological polar surface area (TPSA) is 61.8 Å². The van der Waals surface area contributed by atoms with Gasteiger partial charge in [-0.15, -0.1) is 0 Å². The summed E-state index contributed by atoms with van der Waals surface area (Å²) in [5.41, 5.74) is 0. The normalized spacial score (nSPS) is 9.88. The van der Waals surface area contributed by atoms with Gasteiger partial charge in [0.1, 0.15) is 11.6 Å². The zero-order chi connectivity index (χ0) is 12.8. The molecule has 0 radical (unpaired) electrons. The number of hydrogen-bond acceptors (Lipinski definition) is 5. The molecule has 1 aromatic rings. The lowest BCUT2D eigenvalue weighted by Gasteiger charge is -2.14. The Labute approximate surface area is 97.1 Å². The van der Waals surface area contributed by atoms with Crippen molar-refractivity contribution in [2.24, 2.45) is 0 Å². The lowest BCUT2D eigenvalue weighted by Crippen LogP contribution is -2.37. The van der Waals surface area contributed by atoms with E-state index in [1.165, 1.54) is 12.1 Å². The number of methoxy groups -OCH3 is 2. The lowest BCUT2D eigenvalue weighted by atomic mass is 10.3. The molecule has 5 nitrogen and oxygen atoms in total. The van der Waals surface area contributed by atoms with Crippen molar-refractivity contribution in [1.29, 1.82) is 0 Å². The third-order valence-electron chi connectivity index (χ3n) is 1.90. The van der Waals surface area contributed by atoms with Crippen LogP contribution in [0.4, 0.5) is 4.39 Å². The van der Waals surface area contributed by atoms with Gasteiger partial charge in [0, 0.05) is 0 Å². The second-order valence-electron chi connectivity index (χ2n) is 3.00. The first-order chi connectivity index (χ1) is 8.08. The van der Waals surface area contributed by atoms with Crippen molar-refractivity contribution >= 4 is 11.9 Å². The Bertz CT molecular complexity index is 385. The molecule has 0 N–H and O–H groups in total. The molecule has 0 unspecified atom stereocenters. The number of esters is 2. The van der Waals surface area contributed by atoms with E-state index in [0.29, 0.717) is 0 Å². The van der Waals surface area contributed by atoms with Gasteiger partial charge < -0.3 is 14.2 Å². The standard InChI is InChI=1S/C11H11FO5/c1-15-10(13)9(11(14)16-2)17-8-5-3-7(12)4-6-8/h3-6,9H,1-2H3. The third kappa shape index (κ3) is 3.44. The number of benzene rings is 1. The van der Waals surface area contributed by atoms with Crippen molar-refractivity contribution in [2.45, 2.75) is 6.10 Å². The van der Waals surface area contributed by atoms with Gasteiger partial charge in [-0.05, 0) is 24.3 Å². The number of carbonyl (C=O) groups excluding carboxylic acids is 2. The van der Waals surface area contributed by atoms with Crippen LogP contribution in [0.1, 0.15) is 0 Å². The third-order valence-corrected chi connectivity index (χ3v) is 1.90. The van der Waals surface area contributed by atoms with Crippen LogP contribution in [0.25, 0.3) is 0 Å². The molecular weight excluding hydrogens is 231 g/mol. The molecule has 0 saturated heterocycles.